The molecule has 0 saturated carbocycles. The van der Waals surface area contributed by atoms with E-state index in [1.54, 1.807) is 18.3 Å². The number of H-pyrrole nitrogens is 1. The molecule has 0 spiro atoms. The third kappa shape index (κ3) is 4.49. The van der Waals surface area contributed by atoms with Crippen LogP contribution in [0.1, 0.15) is 0 Å². The van der Waals surface area contributed by atoms with E-state index < -0.39 is 0 Å². The Hall–Kier alpha value is -0.0110. The Labute approximate surface area is 74.0 Å². The molecule has 0 amide bonds. The standard InChI is InChI=1S/C5H5NO.2Fe/c7-5-3-1-2-4-6-5;;/h1-4H,(H,6,7);;. The molecule has 1 rings (SSSR count). The topological polar surface area (TPSA) is 32.9 Å². The maximum Gasteiger partial charge on any atom is 0.247 e. The molecule has 1 heterocycles. The molecule has 0 fully saturated rings. The summed E-state index contributed by atoms with van der Waals surface area (Å²) < 4.78 is 0. The zero-order valence-electron chi connectivity index (χ0n) is 4.42. The van der Waals surface area contributed by atoms with Crippen LogP contribution in [0.25, 0.3) is 0 Å². The Bertz CT molecular complexity index is 181. The van der Waals surface area contributed by atoms with Crippen LogP contribution in [0, 0.1) is 0 Å². The van der Waals surface area contributed by atoms with Crippen molar-refractivity contribution < 1.29 is 34.1 Å². The van der Waals surface area contributed by atoms with Gasteiger partial charge in [0.25, 0.3) is 0 Å². The summed E-state index contributed by atoms with van der Waals surface area (Å²) in [6.07, 6.45) is 1.60. The van der Waals surface area contributed by atoms with Crippen LogP contribution in [0.4, 0.5) is 0 Å². The van der Waals surface area contributed by atoms with E-state index in [0.717, 1.165) is 0 Å². The molecule has 1 aromatic heterocycles. The van der Waals surface area contributed by atoms with Crippen LogP contribution in [-0.4, -0.2) is 4.98 Å². The van der Waals surface area contributed by atoms with Crippen molar-refractivity contribution in [3.8, 4) is 0 Å². The summed E-state index contributed by atoms with van der Waals surface area (Å²) in [7, 11) is 0. The van der Waals surface area contributed by atoms with Gasteiger partial charge in [0.1, 0.15) is 0 Å². The molecular weight excluding hydrogens is 202 g/mol. The summed E-state index contributed by atoms with van der Waals surface area (Å²) in [6, 6.07) is 4.93. The first kappa shape index (κ1) is 11.7. The van der Waals surface area contributed by atoms with E-state index in [1.807, 2.05) is 0 Å². The van der Waals surface area contributed by atoms with Crippen molar-refractivity contribution in [3.05, 3.63) is 34.7 Å². The van der Waals surface area contributed by atoms with Crippen LogP contribution in [-0.2, 0) is 34.1 Å². The molecule has 9 heavy (non-hydrogen) atoms. The van der Waals surface area contributed by atoms with Crippen molar-refractivity contribution in [2.24, 2.45) is 0 Å². The molecule has 0 aliphatic rings. The summed E-state index contributed by atoms with van der Waals surface area (Å²) in [4.78, 5) is 12.7. The van der Waals surface area contributed by atoms with Crippen LogP contribution in [0.3, 0.4) is 0 Å². The fourth-order valence-corrected chi connectivity index (χ4v) is 0.377. The fourth-order valence-electron chi connectivity index (χ4n) is 0.377. The van der Waals surface area contributed by atoms with E-state index in [4.69, 9.17) is 0 Å². The van der Waals surface area contributed by atoms with E-state index in [9.17, 15) is 4.79 Å². The van der Waals surface area contributed by atoms with Gasteiger partial charge in [-0.15, -0.1) is 0 Å². The molecule has 0 aliphatic carbocycles. The minimum atomic E-state index is -0.0532. The molecule has 0 atom stereocenters. The fraction of sp³-hybridized carbons (Fsp3) is 0. The van der Waals surface area contributed by atoms with E-state index in [-0.39, 0.29) is 39.7 Å². The van der Waals surface area contributed by atoms with Gasteiger partial charge < -0.3 is 4.98 Å². The minimum absolute atomic E-state index is 0. The zero-order valence-corrected chi connectivity index (χ0v) is 6.63. The Balaban J connectivity index is 0. The maximum atomic E-state index is 10.2. The van der Waals surface area contributed by atoms with Gasteiger partial charge in [-0.1, -0.05) is 6.07 Å². The average molecular weight is 207 g/mol. The molecular formula is C5H5Fe2NO. The van der Waals surface area contributed by atoms with Crippen LogP contribution < -0.4 is 5.56 Å². The minimum Gasteiger partial charge on any atom is -0.329 e. The number of hydrogen-bond donors (Lipinski definition) is 1. The smallest absolute Gasteiger partial charge is 0.247 e. The first-order valence-electron chi connectivity index (χ1n) is 2.03. The molecule has 4 heteroatoms. The summed E-state index contributed by atoms with van der Waals surface area (Å²) in [5.41, 5.74) is -0.0532. The summed E-state index contributed by atoms with van der Waals surface area (Å²) >= 11 is 0. The Morgan fingerprint density at radius 3 is 2.11 bits per heavy atom. The van der Waals surface area contributed by atoms with Crippen LogP contribution in [0.2, 0.25) is 0 Å². The van der Waals surface area contributed by atoms with Gasteiger partial charge in [0.2, 0.25) is 5.56 Å². The Morgan fingerprint density at radius 2 is 1.89 bits per heavy atom. The normalized spacial score (nSPS) is 6.67. The average Bonchev–Trinajstić information content (AvgIpc) is 1.69. The van der Waals surface area contributed by atoms with Crippen LogP contribution in [0.15, 0.2) is 29.2 Å². The number of nitrogens with one attached hydrogen (secondary N) is 1. The second-order valence-electron chi connectivity index (χ2n) is 1.23. The van der Waals surface area contributed by atoms with Gasteiger partial charge in [-0.05, 0) is 6.07 Å². The molecule has 0 bridgehead atoms. The summed E-state index contributed by atoms with van der Waals surface area (Å²) in [5, 5.41) is 0. The van der Waals surface area contributed by atoms with Crippen LogP contribution in [0.5, 0.6) is 0 Å². The second-order valence-corrected chi connectivity index (χ2v) is 1.23. The first-order valence-corrected chi connectivity index (χ1v) is 2.03. The van der Waals surface area contributed by atoms with Crippen molar-refractivity contribution in [1.82, 2.24) is 4.98 Å². The molecule has 52 valence electrons. The largest absolute Gasteiger partial charge is 0.329 e. The van der Waals surface area contributed by atoms with Crippen molar-refractivity contribution in [3.63, 3.8) is 0 Å². The third-order valence-corrected chi connectivity index (χ3v) is 0.681. The number of aromatic nitrogens is 1. The van der Waals surface area contributed by atoms with Gasteiger partial charge in [0.05, 0.1) is 0 Å². The quantitative estimate of drug-likeness (QED) is 0.612. The molecule has 0 radical (unpaired) electrons. The number of hydrogen-bond acceptors (Lipinski definition) is 1. The molecule has 1 aromatic rings. The van der Waals surface area contributed by atoms with Crippen molar-refractivity contribution in [1.29, 1.82) is 0 Å². The predicted octanol–water partition coefficient (Wildman–Crippen LogP) is 0.370. The van der Waals surface area contributed by atoms with E-state index in [0.29, 0.717) is 0 Å². The molecule has 0 unspecified atom stereocenters. The molecule has 0 aromatic carbocycles. The van der Waals surface area contributed by atoms with Gasteiger partial charge in [-0.25, -0.2) is 0 Å². The van der Waals surface area contributed by atoms with Crippen molar-refractivity contribution >= 4 is 0 Å². The van der Waals surface area contributed by atoms with Gasteiger partial charge in [-0.2, -0.15) is 0 Å². The number of pyridine rings is 1. The van der Waals surface area contributed by atoms with Crippen LogP contribution >= 0.6 is 0 Å². The molecule has 2 nitrogen and oxygen atoms in total. The molecule has 0 aliphatic heterocycles. The SMILES string of the molecule is O=c1cccc[nH]1.[Fe].[Fe]. The van der Waals surface area contributed by atoms with Crippen molar-refractivity contribution in [2.45, 2.75) is 0 Å². The van der Waals surface area contributed by atoms with E-state index in [2.05, 4.69) is 4.98 Å². The Morgan fingerprint density at radius 1 is 1.22 bits per heavy atom. The third-order valence-electron chi connectivity index (χ3n) is 0.681. The predicted molar refractivity (Wildman–Crippen MR) is 27.1 cm³/mol. The summed E-state index contributed by atoms with van der Waals surface area (Å²) in [6.45, 7) is 0. The zero-order chi connectivity index (χ0) is 5.11. The number of aromatic amines is 1. The maximum absolute atomic E-state index is 10.2. The molecule has 1 N–H and O–H groups in total. The summed E-state index contributed by atoms with van der Waals surface area (Å²) in [5.74, 6) is 0. The van der Waals surface area contributed by atoms with E-state index in [1.165, 1.54) is 6.07 Å². The monoisotopic (exact) mass is 207 g/mol. The molecule has 0 saturated heterocycles. The number of rotatable bonds is 0. The second kappa shape index (κ2) is 6.11. The van der Waals surface area contributed by atoms with Crippen molar-refractivity contribution in [2.75, 3.05) is 0 Å². The van der Waals surface area contributed by atoms with E-state index >= 15 is 0 Å². The van der Waals surface area contributed by atoms with Gasteiger partial charge in [0.15, 0.2) is 0 Å². The van der Waals surface area contributed by atoms with Gasteiger partial charge in [-0.3, -0.25) is 4.79 Å². The van der Waals surface area contributed by atoms with Gasteiger partial charge >= 0.3 is 0 Å². The Kier molecular flexibility index (Phi) is 7.98. The first-order chi connectivity index (χ1) is 3.39. The van der Waals surface area contributed by atoms with Gasteiger partial charge in [0, 0.05) is 46.4 Å².